The Labute approximate surface area is 87.0 Å². The summed E-state index contributed by atoms with van der Waals surface area (Å²) in [7, 11) is 0. The van der Waals surface area contributed by atoms with Gasteiger partial charge in [0.1, 0.15) is 5.78 Å². The largest absolute Gasteiger partial charge is 0.378 e. The average molecular weight is 198 g/mol. The van der Waals surface area contributed by atoms with Crippen molar-refractivity contribution in [1.29, 1.82) is 0 Å². The molecule has 0 radical (unpaired) electrons. The molecule has 0 amide bonds. The van der Waals surface area contributed by atoms with Gasteiger partial charge in [0.05, 0.1) is 6.10 Å². The van der Waals surface area contributed by atoms with E-state index in [4.69, 9.17) is 4.74 Å². The zero-order valence-corrected chi connectivity index (χ0v) is 9.42. The fourth-order valence-electron chi connectivity index (χ4n) is 2.12. The minimum atomic E-state index is 0.106. The van der Waals surface area contributed by atoms with Crippen molar-refractivity contribution in [2.24, 2.45) is 5.92 Å². The second kappa shape index (κ2) is 6.18. The highest BCUT2D eigenvalue weighted by Crippen LogP contribution is 2.24. The Kier molecular flexibility index (Phi) is 5.16. The summed E-state index contributed by atoms with van der Waals surface area (Å²) < 4.78 is 5.67. The molecule has 1 rings (SSSR count). The van der Waals surface area contributed by atoms with Crippen molar-refractivity contribution in [3.05, 3.63) is 0 Å². The number of hydrogen-bond donors (Lipinski definition) is 0. The molecule has 0 N–H and O–H groups in total. The van der Waals surface area contributed by atoms with Crippen molar-refractivity contribution in [2.75, 3.05) is 6.61 Å². The van der Waals surface area contributed by atoms with E-state index >= 15 is 0 Å². The van der Waals surface area contributed by atoms with Gasteiger partial charge < -0.3 is 4.74 Å². The molecule has 0 heterocycles. The average Bonchev–Trinajstić information content (AvgIpc) is 2.15. The Bertz CT molecular complexity index is 171. The topological polar surface area (TPSA) is 26.3 Å². The maximum absolute atomic E-state index is 10.8. The molecule has 1 aliphatic carbocycles. The van der Waals surface area contributed by atoms with Gasteiger partial charge in [0.2, 0.25) is 0 Å². The number of carbonyl (C=O) groups is 1. The van der Waals surface area contributed by atoms with Crippen LogP contribution < -0.4 is 0 Å². The minimum Gasteiger partial charge on any atom is -0.378 e. The van der Waals surface area contributed by atoms with E-state index in [2.05, 4.69) is 0 Å². The molecule has 14 heavy (non-hydrogen) atoms. The van der Waals surface area contributed by atoms with Gasteiger partial charge in [-0.3, -0.25) is 4.79 Å². The number of ketones is 1. The molecule has 82 valence electrons. The zero-order valence-electron chi connectivity index (χ0n) is 9.42. The first-order valence-electron chi connectivity index (χ1n) is 5.79. The second-order valence-corrected chi connectivity index (χ2v) is 4.55. The maximum atomic E-state index is 10.8. The minimum absolute atomic E-state index is 0.106. The van der Waals surface area contributed by atoms with E-state index < -0.39 is 0 Å². The van der Waals surface area contributed by atoms with Gasteiger partial charge in [0, 0.05) is 13.0 Å². The van der Waals surface area contributed by atoms with Crippen LogP contribution in [-0.4, -0.2) is 18.5 Å². The van der Waals surface area contributed by atoms with Crippen LogP contribution in [0, 0.1) is 5.92 Å². The number of carbonyl (C=O) groups excluding carboxylic acids is 1. The van der Waals surface area contributed by atoms with Gasteiger partial charge in [0.15, 0.2) is 0 Å². The lowest BCUT2D eigenvalue weighted by molar-refractivity contribution is -0.119. The highest BCUT2D eigenvalue weighted by atomic mass is 16.5. The zero-order chi connectivity index (χ0) is 10.4. The molecule has 1 unspecified atom stereocenters. The van der Waals surface area contributed by atoms with Crippen molar-refractivity contribution in [1.82, 2.24) is 0 Å². The van der Waals surface area contributed by atoms with Gasteiger partial charge in [-0.1, -0.05) is 19.3 Å². The van der Waals surface area contributed by atoms with E-state index in [0.717, 1.165) is 12.5 Å². The summed E-state index contributed by atoms with van der Waals surface area (Å²) in [5.41, 5.74) is 0. The van der Waals surface area contributed by atoms with Gasteiger partial charge in [-0.2, -0.15) is 0 Å². The third-order valence-corrected chi connectivity index (χ3v) is 2.92. The van der Waals surface area contributed by atoms with Gasteiger partial charge >= 0.3 is 0 Å². The lowest BCUT2D eigenvalue weighted by atomic mass is 9.90. The number of rotatable bonds is 5. The molecule has 1 atom stereocenters. The van der Waals surface area contributed by atoms with Crippen molar-refractivity contribution in [3.8, 4) is 0 Å². The summed E-state index contributed by atoms with van der Waals surface area (Å²) in [6.07, 6.45) is 7.39. The van der Waals surface area contributed by atoms with Crippen LogP contribution in [0.1, 0.15) is 52.4 Å². The molecule has 2 nitrogen and oxygen atoms in total. The molecule has 0 aliphatic heterocycles. The highest BCUT2D eigenvalue weighted by molar-refractivity contribution is 5.75. The first-order valence-corrected chi connectivity index (χ1v) is 5.79. The van der Waals surface area contributed by atoms with Gasteiger partial charge in [0.25, 0.3) is 0 Å². The molecule has 0 aromatic heterocycles. The Morgan fingerprint density at radius 2 is 2.00 bits per heavy atom. The van der Waals surface area contributed by atoms with Crippen LogP contribution in [0.3, 0.4) is 0 Å². The molecule has 0 saturated heterocycles. The second-order valence-electron chi connectivity index (χ2n) is 4.55. The Morgan fingerprint density at radius 3 is 2.57 bits per heavy atom. The SMILES string of the molecule is CC(=O)CC(C)OCC1CCCCC1. The number of Topliss-reactive ketones (excluding diaryl/α,β-unsaturated/α-hetero) is 1. The van der Waals surface area contributed by atoms with E-state index in [-0.39, 0.29) is 11.9 Å². The van der Waals surface area contributed by atoms with Crippen LogP contribution in [0.2, 0.25) is 0 Å². The summed E-state index contributed by atoms with van der Waals surface area (Å²) in [5.74, 6) is 0.972. The third-order valence-electron chi connectivity index (χ3n) is 2.92. The molecular formula is C12H22O2. The molecule has 1 saturated carbocycles. The first-order chi connectivity index (χ1) is 6.68. The molecule has 2 heteroatoms. The lowest BCUT2D eigenvalue weighted by Gasteiger charge is -2.23. The van der Waals surface area contributed by atoms with Crippen LogP contribution in [0.4, 0.5) is 0 Å². The molecule has 1 fully saturated rings. The van der Waals surface area contributed by atoms with Crippen LogP contribution in [0.25, 0.3) is 0 Å². The van der Waals surface area contributed by atoms with Crippen molar-refractivity contribution < 1.29 is 9.53 Å². The van der Waals surface area contributed by atoms with Crippen molar-refractivity contribution >= 4 is 5.78 Å². The van der Waals surface area contributed by atoms with Crippen molar-refractivity contribution in [2.45, 2.75) is 58.5 Å². The standard InChI is InChI=1S/C12H22O2/c1-10(13)8-11(2)14-9-12-6-4-3-5-7-12/h11-12H,3-9H2,1-2H3. The normalized spacial score (nSPS) is 20.7. The fraction of sp³-hybridized carbons (Fsp3) is 0.917. The summed E-state index contributed by atoms with van der Waals surface area (Å²) in [6.45, 7) is 4.47. The van der Waals surface area contributed by atoms with E-state index in [1.54, 1.807) is 6.92 Å². The molecule has 1 aliphatic rings. The van der Waals surface area contributed by atoms with E-state index in [1.807, 2.05) is 6.92 Å². The Hall–Kier alpha value is -0.370. The van der Waals surface area contributed by atoms with Crippen LogP contribution in [0.15, 0.2) is 0 Å². The predicted octanol–water partition coefficient (Wildman–Crippen LogP) is 2.95. The molecular weight excluding hydrogens is 176 g/mol. The lowest BCUT2D eigenvalue weighted by Crippen LogP contribution is -2.19. The highest BCUT2D eigenvalue weighted by Gasteiger charge is 2.15. The van der Waals surface area contributed by atoms with Crippen LogP contribution >= 0.6 is 0 Å². The van der Waals surface area contributed by atoms with Crippen LogP contribution in [-0.2, 0) is 9.53 Å². The number of ether oxygens (including phenoxy) is 1. The van der Waals surface area contributed by atoms with Crippen molar-refractivity contribution in [3.63, 3.8) is 0 Å². The smallest absolute Gasteiger partial charge is 0.132 e. The monoisotopic (exact) mass is 198 g/mol. The Morgan fingerprint density at radius 1 is 1.36 bits per heavy atom. The summed E-state index contributed by atoms with van der Waals surface area (Å²) in [5, 5.41) is 0. The maximum Gasteiger partial charge on any atom is 0.132 e. The molecule has 0 aromatic carbocycles. The van der Waals surface area contributed by atoms with E-state index in [0.29, 0.717) is 6.42 Å². The fourth-order valence-corrected chi connectivity index (χ4v) is 2.12. The summed E-state index contributed by atoms with van der Waals surface area (Å²) in [4.78, 5) is 10.8. The molecule has 0 spiro atoms. The van der Waals surface area contributed by atoms with E-state index in [9.17, 15) is 4.79 Å². The van der Waals surface area contributed by atoms with Gasteiger partial charge in [-0.25, -0.2) is 0 Å². The quantitative estimate of drug-likeness (QED) is 0.679. The molecule has 0 aromatic rings. The first kappa shape index (κ1) is 11.7. The summed E-state index contributed by atoms with van der Waals surface area (Å²) in [6, 6.07) is 0. The van der Waals surface area contributed by atoms with Gasteiger partial charge in [-0.05, 0) is 32.6 Å². The van der Waals surface area contributed by atoms with Gasteiger partial charge in [-0.15, -0.1) is 0 Å². The number of hydrogen-bond acceptors (Lipinski definition) is 2. The predicted molar refractivity (Wildman–Crippen MR) is 57.3 cm³/mol. The summed E-state index contributed by atoms with van der Waals surface area (Å²) >= 11 is 0. The Balaban J connectivity index is 2.09. The van der Waals surface area contributed by atoms with E-state index in [1.165, 1.54) is 32.1 Å². The third kappa shape index (κ3) is 4.75. The molecule has 0 bridgehead atoms. The van der Waals surface area contributed by atoms with Crippen LogP contribution in [0.5, 0.6) is 0 Å².